The number of rotatable bonds is 4. The summed E-state index contributed by atoms with van der Waals surface area (Å²) < 4.78 is 4.33. The fourth-order valence-electron chi connectivity index (χ4n) is 5.91. The Morgan fingerprint density at radius 1 is 0.941 bits per heavy atom. The zero-order valence-electron chi connectivity index (χ0n) is 18.3. The van der Waals surface area contributed by atoms with E-state index in [0.29, 0.717) is 11.4 Å². The third-order valence-corrected chi connectivity index (χ3v) is 8.63. The van der Waals surface area contributed by atoms with Gasteiger partial charge in [-0.1, -0.05) is 64.5 Å². The number of carbonyl (C=O) groups is 3. The zero-order valence-corrected chi connectivity index (χ0v) is 19.9. The lowest BCUT2D eigenvalue weighted by Crippen LogP contribution is -2.50. The Balaban J connectivity index is 1.35. The highest BCUT2D eigenvalue weighted by atomic mass is 79.9. The maximum atomic E-state index is 13.7. The van der Waals surface area contributed by atoms with Gasteiger partial charge in [0.05, 0.1) is 23.3 Å². The molecule has 1 heterocycles. The van der Waals surface area contributed by atoms with Gasteiger partial charge in [-0.3, -0.25) is 19.3 Å². The number of amides is 3. The van der Waals surface area contributed by atoms with Crippen molar-refractivity contribution in [3.63, 3.8) is 0 Å². The third-order valence-electron chi connectivity index (χ3n) is 7.28. The minimum Gasteiger partial charge on any atom is -0.497 e. The van der Waals surface area contributed by atoms with Gasteiger partial charge < -0.3 is 10.1 Å². The Hall–Kier alpha value is -3.45. The SMILES string of the molecule is COc1ccc(NC(=O)CN2C(=O)[C@H]3C4c5ccccc5C(Br)(c5ccccc54)[C@H]3C2=O)cc1. The van der Waals surface area contributed by atoms with Gasteiger partial charge in [-0.15, -0.1) is 0 Å². The number of hydrogen-bond donors (Lipinski definition) is 1. The van der Waals surface area contributed by atoms with Crippen molar-refractivity contribution in [2.45, 2.75) is 10.2 Å². The second-order valence-electron chi connectivity index (χ2n) is 8.91. The molecule has 1 aliphatic heterocycles. The molecule has 1 fully saturated rings. The number of carbonyl (C=O) groups excluding carboxylic acids is 3. The van der Waals surface area contributed by atoms with E-state index in [1.807, 2.05) is 48.5 Å². The molecular formula is C27H21BrN2O4. The van der Waals surface area contributed by atoms with E-state index in [4.69, 9.17) is 4.74 Å². The first-order valence-electron chi connectivity index (χ1n) is 11.1. The van der Waals surface area contributed by atoms with Crippen molar-refractivity contribution in [2.24, 2.45) is 11.8 Å². The fourth-order valence-corrected chi connectivity index (χ4v) is 7.12. The van der Waals surface area contributed by atoms with E-state index in [1.165, 1.54) is 0 Å². The molecule has 1 saturated heterocycles. The minimum atomic E-state index is -0.812. The zero-order chi connectivity index (χ0) is 23.6. The van der Waals surface area contributed by atoms with Crippen LogP contribution in [0.3, 0.4) is 0 Å². The number of hydrogen-bond acceptors (Lipinski definition) is 4. The number of methoxy groups -OCH3 is 1. The monoisotopic (exact) mass is 516 g/mol. The van der Waals surface area contributed by atoms with E-state index in [9.17, 15) is 14.4 Å². The molecule has 1 N–H and O–H groups in total. The summed E-state index contributed by atoms with van der Waals surface area (Å²) in [4.78, 5) is 41.3. The first-order valence-corrected chi connectivity index (χ1v) is 11.9. The summed E-state index contributed by atoms with van der Waals surface area (Å²) in [5.74, 6) is -1.74. The lowest BCUT2D eigenvalue weighted by Gasteiger charge is -2.51. The summed E-state index contributed by atoms with van der Waals surface area (Å²) >= 11 is 3.95. The average Bonchev–Trinajstić information content (AvgIpc) is 3.11. The third kappa shape index (κ3) is 2.76. The molecule has 0 spiro atoms. The Bertz CT molecular complexity index is 1310. The summed E-state index contributed by atoms with van der Waals surface area (Å²) in [6, 6.07) is 22.9. The van der Waals surface area contributed by atoms with Crippen molar-refractivity contribution in [2.75, 3.05) is 19.0 Å². The molecule has 0 radical (unpaired) electrons. The minimum absolute atomic E-state index is 0.220. The van der Waals surface area contributed by atoms with E-state index in [1.54, 1.807) is 31.4 Å². The van der Waals surface area contributed by atoms with Crippen LogP contribution in [-0.4, -0.2) is 36.3 Å². The van der Waals surface area contributed by atoms with Gasteiger partial charge in [0.25, 0.3) is 0 Å². The number of benzene rings is 3. The topological polar surface area (TPSA) is 75.7 Å². The normalized spacial score (nSPS) is 26.1. The lowest BCUT2D eigenvalue weighted by molar-refractivity contribution is -0.142. The summed E-state index contributed by atoms with van der Waals surface area (Å²) in [5.41, 5.74) is 4.73. The van der Waals surface area contributed by atoms with Crippen LogP contribution in [-0.2, 0) is 18.7 Å². The van der Waals surface area contributed by atoms with Crippen LogP contribution in [0, 0.1) is 11.8 Å². The maximum Gasteiger partial charge on any atom is 0.244 e. The van der Waals surface area contributed by atoms with Gasteiger partial charge in [0.1, 0.15) is 12.3 Å². The number of alkyl halides is 1. The van der Waals surface area contributed by atoms with Gasteiger partial charge in [-0.2, -0.15) is 0 Å². The van der Waals surface area contributed by atoms with E-state index in [0.717, 1.165) is 27.2 Å². The van der Waals surface area contributed by atoms with Gasteiger partial charge >= 0.3 is 0 Å². The van der Waals surface area contributed by atoms with Gasteiger partial charge in [0.2, 0.25) is 17.7 Å². The van der Waals surface area contributed by atoms with Crippen LogP contribution in [0.15, 0.2) is 72.8 Å². The molecule has 7 heteroatoms. The van der Waals surface area contributed by atoms with E-state index < -0.39 is 22.1 Å². The van der Waals surface area contributed by atoms with Crippen molar-refractivity contribution in [3.05, 3.63) is 95.1 Å². The molecule has 6 nitrogen and oxygen atoms in total. The first kappa shape index (κ1) is 21.1. The Labute approximate surface area is 205 Å². The highest BCUT2D eigenvalue weighted by Crippen LogP contribution is 2.66. The number of nitrogens with zero attached hydrogens (tertiary/aromatic N) is 1. The molecule has 4 aliphatic rings. The molecule has 3 aromatic carbocycles. The lowest BCUT2D eigenvalue weighted by atomic mass is 9.55. The summed E-state index contributed by atoms with van der Waals surface area (Å²) in [6.07, 6.45) is 0. The standard InChI is InChI=1S/C27H21BrN2O4/c1-34-16-12-10-15(11-13-16)29-21(31)14-30-25(32)23-22-17-6-2-4-8-19(17)27(28,24(23)26(30)33)20-9-5-3-7-18(20)22/h2-13,22-24H,14H2,1H3,(H,29,31)/t22?,23-,24+,27?/m0/s1. The molecule has 34 heavy (non-hydrogen) atoms. The molecule has 2 atom stereocenters. The maximum absolute atomic E-state index is 13.7. The van der Waals surface area contributed by atoms with Crippen molar-refractivity contribution >= 4 is 39.3 Å². The van der Waals surface area contributed by atoms with Crippen LogP contribution >= 0.6 is 15.9 Å². The number of halogens is 1. The molecule has 3 aliphatic carbocycles. The Morgan fingerprint density at radius 2 is 1.53 bits per heavy atom. The molecule has 170 valence electrons. The fraction of sp³-hybridized carbons (Fsp3) is 0.222. The predicted octanol–water partition coefficient (Wildman–Crippen LogP) is 4.03. The van der Waals surface area contributed by atoms with Crippen molar-refractivity contribution in [1.82, 2.24) is 4.90 Å². The van der Waals surface area contributed by atoms with Gasteiger partial charge in [-0.05, 0) is 46.5 Å². The van der Waals surface area contributed by atoms with Crippen molar-refractivity contribution in [1.29, 1.82) is 0 Å². The quantitative estimate of drug-likeness (QED) is 0.419. The summed E-state index contributed by atoms with van der Waals surface area (Å²) in [7, 11) is 1.57. The van der Waals surface area contributed by atoms with Crippen LogP contribution in [0.25, 0.3) is 0 Å². The molecule has 0 aromatic heterocycles. The second kappa shape index (κ2) is 7.53. The molecule has 0 saturated carbocycles. The number of nitrogens with one attached hydrogen (secondary N) is 1. The molecular weight excluding hydrogens is 496 g/mol. The molecule has 7 rings (SSSR count). The molecule has 3 amide bonds. The van der Waals surface area contributed by atoms with Gasteiger partial charge in [-0.25, -0.2) is 0 Å². The summed E-state index contributed by atoms with van der Waals surface area (Å²) in [5, 5.41) is 2.77. The Kier molecular flexibility index (Phi) is 4.68. The van der Waals surface area contributed by atoms with Crippen LogP contribution in [0.4, 0.5) is 5.69 Å². The van der Waals surface area contributed by atoms with Crippen LogP contribution in [0.5, 0.6) is 5.75 Å². The van der Waals surface area contributed by atoms with E-state index in [-0.39, 0.29) is 24.3 Å². The smallest absolute Gasteiger partial charge is 0.244 e. The number of anilines is 1. The van der Waals surface area contributed by atoms with E-state index in [2.05, 4.69) is 21.2 Å². The highest BCUT2D eigenvalue weighted by Gasteiger charge is 2.67. The number of likely N-dealkylation sites (tertiary alicyclic amines) is 1. The number of ether oxygens (including phenoxy) is 1. The second-order valence-corrected chi connectivity index (χ2v) is 10.2. The predicted molar refractivity (Wildman–Crippen MR) is 130 cm³/mol. The van der Waals surface area contributed by atoms with Crippen LogP contribution < -0.4 is 10.1 Å². The van der Waals surface area contributed by atoms with Gasteiger partial charge in [0, 0.05) is 11.6 Å². The van der Waals surface area contributed by atoms with Crippen molar-refractivity contribution in [3.8, 4) is 5.75 Å². The van der Waals surface area contributed by atoms with Crippen molar-refractivity contribution < 1.29 is 19.1 Å². The molecule has 2 bridgehead atoms. The molecule has 0 unspecified atom stereocenters. The van der Waals surface area contributed by atoms with Crippen LogP contribution in [0.2, 0.25) is 0 Å². The average molecular weight is 517 g/mol. The Morgan fingerprint density at radius 3 is 2.12 bits per heavy atom. The van der Waals surface area contributed by atoms with E-state index >= 15 is 0 Å². The number of imide groups is 1. The van der Waals surface area contributed by atoms with Crippen LogP contribution in [0.1, 0.15) is 28.2 Å². The first-order chi connectivity index (χ1) is 16.4. The molecule has 3 aromatic rings. The summed E-state index contributed by atoms with van der Waals surface area (Å²) in [6.45, 7) is -0.320. The largest absolute Gasteiger partial charge is 0.497 e. The van der Waals surface area contributed by atoms with Gasteiger partial charge in [0.15, 0.2) is 0 Å². The highest BCUT2D eigenvalue weighted by molar-refractivity contribution is 9.09.